The Bertz CT molecular complexity index is 572. The molecule has 0 bridgehead atoms. The van der Waals surface area contributed by atoms with Gasteiger partial charge in [-0.1, -0.05) is 13.8 Å². The molecule has 0 aliphatic carbocycles. The van der Waals surface area contributed by atoms with E-state index < -0.39 is 17.7 Å². The molecule has 2 aliphatic heterocycles. The molecule has 24 heavy (non-hydrogen) atoms. The fourth-order valence-corrected chi connectivity index (χ4v) is 2.46. The van der Waals surface area contributed by atoms with E-state index in [0.717, 1.165) is 0 Å². The van der Waals surface area contributed by atoms with Gasteiger partial charge in [-0.05, 0) is 26.7 Å². The summed E-state index contributed by atoms with van der Waals surface area (Å²) in [5.74, 6) is -0.739. The maximum atomic E-state index is 13.9. The Morgan fingerprint density at radius 3 is 2.29 bits per heavy atom. The average Bonchev–Trinajstić information content (AvgIpc) is 2.48. The van der Waals surface area contributed by atoms with Crippen LogP contribution in [0.5, 0.6) is 0 Å². The molecular weight excluding hydrogens is 315 g/mol. The predicted octanol–water partition coefficient (Wildman–Crippen LogP) is 1.87. The normalized spacial score (nSPS) is 22.5. The largest absolute Gasteiger partial charge is 0.444 e. The van der Waals surface area contributed by atoms with Gasteiger partial charge in [0.25, 0.3) is 5.91 Å². The number of amides is 2. The molecule has 0 radical (unpaired) electrons. The number of carbonyl (C=O) groups is 2. The van der Waals surface area contributed by atoms with Crippen molar-refractivity contribution in [1.82, 2.24) is 9.80 Å². The molecule has 8 heteroatoms. The first-order chi connectivity index (χ1) is 11.1. The molecule has 0 aromatic heterocycles. The first-order valence-corrected chi connectivity index (χ1v) is 8.16. The molecule has 1 atom stereocenters. The number of nitrogens with zero attached hydrogens (tertiary/aromatic N) is 4. The highest BCUT2D eigenvalue weighted by molar-refractivity contribution is 6.18. The van der Waals surface area contributed by atoms with Gasteiger partial charge in [-0.15, -0.1) is 0 Å². The lowest BCUT2D eigenvalue weighted by atomic mass is 10.0. The molecule has 1 saturated heterocycles. The number of alkyl halides is 1. The molecule has 1 fully saturated rings. The Labute approximate surface area is 141 Å². The van der Waals surface area contributed by atoms with E-state index in [1.807, 2.05) is 20.8 Å². The van der Waals surface area contributed by atoms with Crippen molar-refractivity contribution >= 4 is 23.7 Å². The van der Waals surface area contributed by atoms with E-state index in [1.165, 1.54) is 0 Å². The quantitative estimate of drug-likeness (QED) is 0.730. The monoisotopic (exact) mass is 340 g/mol. The standard InChI is InChI=1S/C16H25FN4O3/c1-10(2)12-11(17)13(22)19-14(18-12)20-6-8-21(9-7-20)15(23)24-16(3,4)5/h10-11H,6-9H2,1-5H3. The van der Waals surface area contributed by atoms with Crippen LogP contribution in [-0.2, 0) is 9.53 Å². The highest BCUT2D eigenvalue weighted by atomic mass is 19.1. The van der Waals surface area contributed by atoms with E-state index >= 15 is 0 Å². The van der Waals surface area contributed by atoms with Crippen molar-refractivity contribution < 1.29 is 18.7 Å². The highest BCUT2D eigenvalue weighted by Crippen LogP contribution is 2.17. The van der Waals surface area contributed by atoms with Gasteiger partial charge in [0.05, 0.1) is 5.71 Å². The number of ether oxygens (including phenoxy) is 1. The van der Waals surface area contributed by atoms with Gasteiger partial charge in [-0.25, -0.2) is 14.2 Å². The number of rotatable bonds is 1. The number of piperazine rings is 1. The van der Waals surface area contributed by atoms with Gasteiger partial charge in [0.1, 0.15) is 5.60 Å². The first kappa shape index (κ1) is 18.4. The summed E-state index contributed by atoms with van der Waals surface area (Å²) in [5, 5.41) is 0. The summed E-state index contributed by atoms with van der Waals surface area (Å²) in [4.78, 5) is 35.2. The number of carbonyl (C=O) groups excluding carboxylic acids is 2. The van der Waals surface area contributed by atoms with Gasteiger partial charge in [0.15, 0.2) is 0 Å². The molecule has 0 spiro atoms. The first-order valence-electron chi connectivity index (χ1n) is 8.16. The van der Waals surface area contributed by atoms with E-state index in [2.05, 4.69) is 9.98 Å². The molecule has 7 nitrogen and oxygen atoms in total. The zero-order valence-corrected chi connectivity index (χ0v) is 14.9. The molecule has 0 saturated carbocycles. The van der Waals surface area contributed by atoms with Crippen molar-refractivity contribution in [2.45, 2.75) is 46.4 Å². The van der Waals surface area contributed by atoms with Crippen LogP contribution in [0.15, 0.2) is 9.98 Å². The molecule has 2 amide bonds. The lowest BCUT2D eigenvalue weighted by Crippen LogP contribution is -2.52. The maximum absolute atomic E-state index is 13.9. The molecule has 0 aromatic rings. The highest BCUT2D eigenvalue weighted by Gasteiger charge is 2.33. The third-order valence-electron chi connectivity index (χ3n) is 3.72. The Kier molecular flexibility index (Phi) is 5.25. The van der Waals surface area contributed by atoms with Crippen LogP contribution in [0, 0.1) is 5.92 Å². The van der Waals surface area contributed by atoms with Crippen molar-refractivity contribution in [3.05, 3.63) is 0 Å². The van der Waals surface area contributed by atoms with Crippen LogP contribution in [0.25, 0.3) is 0 Å². The van der Waals surface area contributed by atoms with Gasteiger partial charge in [0.2, 0.25) is 12.1 Å². The zero-order valence-electron chi connectivity index (χ0n) is 14.9. The number of aliphatic imine (C=N–C) groups is 2. The van der Waals surface area contributed by atoms with Gasteiger partial charge < -0.3 is 14.5 Å². The van der Waals surface area contributed by atoms with Crippen molar-refractivity contribution in [1.29, 1.82) is 0 Å². The molecule has 0 aromatic carbocycles. The minimum absolute atomic E-state index is 0.169. The van der Waals surface area contributed by atoms with Crippen molar-refractivity contribution in [2.75, 3.05) is 26.2 Å². The second kappa shape index (κ2) is 6.86. The third-order valence-corrected chi connectivity index (χ3v) is 3.72. The smallest absolute Gasteiger partial charge is 0.410 e. The van der Waals surface area contributed by atoms with Crippen LogP contribution in [0.1, 0.15) is 34.6 Å². The minimum atomic E-state index is -1.75. The summed E-state index contributed by atoms with van der Waals surface area (Å²) in [6.45, 7) is 10.9. The van der Waals surface area contributed by atoms with E-state index in [1.54, 1.807) is 23.6 Å². The Morgan fingerprint density at radius 1 is 1.21 bits per heavy atom. The van der Waals surface area contributed by atoms with E-state index in [-0.39, 0.29) is 23.7 Å². The lowest BCUT2D eigenvalue weighted by Gasteiger charge is -2.36. The van der Waals surface area contributed by atoms with Crippen LogP contribution < -0.4 is 0 Å². The van der Waals surface area contributed by atoms with Crippen molar-refractivity contribution in [3.8, 4) is 0 Å². The van der Waals surface area contributed by atoms with Crippen LogP contribution in [0.4, 0.5) is 9.18 Å². The number of hydrogen-bond donors (Lipinski definition) is 0. The summed E-state index contributed by atoms with van der Waals surface area (Å²) in [6.07, 6.45) is -2.11. The molecule has 134 valence electrons. The van der Waals surface area contributed by atoms with Gasteiger partial charge in [-0.3, -0.25) is 4.79 Å². The minimum Gasteiger partial charge on any atom is -0.444 e. The Morgan fingerprint density at radius 2 is 1.79 bits per heavy atom. The van der Waals surface area contributed by atoms with Crippen LogP contribution in [-0.4, -0.2) is 71.4 Å². The fraction of sp³-hybridized carbons (Fsp3) is 0.750. The predicted molar refractivity (Wildman–Crippen MR) is 89.0 cm³/mol. The Hall–Kier alpha value is -1.99. The van der Waals surface area contributed by atoms with Gasteiger partial charge in [-0.2, -0.15) is 4.99 Å². The average molecular weight is 340 g/mol. The molecule has 1 unspecified atom stereocenters. The molecule has 2 aliphatic rings. The van der Waals surface area contributed by atoms with Crippen LogP contribution in [0.3, 0.4) is 0 Å². The maximum Gasteiger partial charge on any atom is 0.410 e. The SMILES string of the molecule is CC(C)C1=NC(N2CCN(C(=O)OC(C)(C)C)CC2)=NC(=O)C1F. The zero-order chi connectivity index (χ0) is 18.1. The lowest BCUT2D eigenvalue weighted by molar-refractivity contribution is -0.120. The van der Waals surface area contributed by atoms with Crippen LogP contribution >= 0.6 is 0 Å². The molecule has 2 heterocycles. The summed E-state index contributed by atoms with van der Waals surface area (Å²) >= 11 is 0. The molecular formula is C16H25FN4O3. The molecule has 0 N–H and O–H groups in total. The van der Waals surface area contributed by atoms with Crippen molar-refractivity contribution in [2.24, 2.45) is 15.9 Å². The molecule has 2 rings (SSSR count). The van der Waals surface area contributed by atoms with E-state index in [9.17, 15) is 14.0 Å². The van der Waals surface area contributed by atoms with E-state index in [4.69, 9.17) is 4.74 Å². The second-order valence-corrected chi connectivity index (χ2v) is 7.26. The second-order valence-electron chi connectivity index (χ2n) is 7.26. The fourth-order valence-electron chi connectivity index (χ4n) is 2.46. The third kappa shape index (κ3) is 4.30. The van der Waals surface area contributed by atoms with Crippen molar-refractivity contribution in [3.63, 3.8) is 0 Å². The summed E-state index contributed by atoms with van der Waals surface area (Å²) in [7, 11) is 0. The Balaban J connectivity index is 2.01. The summed E-state index contributed by atoms with van der Waals surface area (Å²) in [5.41, 5.74) is -0.333. The van der Waals surface area contributed by atoms with Gasteiger partial charge in [0, 0.05) is 26.2 Å². The van der Waals surface area contributed by atoms with E-state index in [0.29, 0.717) is 26.2 Å². The number of halogens is 1. The summed E-state index contributed by atoms with van der Waals surface area (Å²) in [6, 6.07) is 0. The van der Waals surface area contributed by atoms with Gasteiger partial charge >= 0.3 is 6.09 Å². The topological polar surface area (TPSA) is 74.6 Å². The summed E-state index contributed by atoms with van der Waals surface area (Å²) < 4.78 is 19.2. The van der Waals surface area contributed by atoms with Crippen LogP contribution in [0.2, 0.25) is 0 Å². The number of guanidine groups is 1. The number of hydrogen-bond acceptors (Lipinski definition) is 5.